The van der Waals surface area contributed by atoms with Crippen molar-refractivity contribution < 1.29 is 9.59 Å². The maximum atomic E-state index is 12.0. The first-order chi connectivity index (χ1) is 9.61. The van der Waals surface area contributed by atoms with E-state index in [1.807, 2.05) is 13.0 Å². The molecule has 7 heteroatoms. The van der Waals surface area contributed by atoms with E-state index in [2.05, 4.69) is 20.7 Å². The van der Waals surface area contributed by atoms with Gasteiger partial charge in [0, 0.05) is 12.6 Å². The van der Waals surface area contributed by atoms with E-state index in [0.717, 1.165) is 11.3 Å². The van der Waals surface area contributed by atoms with Crippen molar-refractivity contribution in [3.8, 4) is 5.69 Å². The molecule has 0 bridgehead atoms. The van der Waals surface area contributed by atoms with Gasteiger partial charge in [0.1, 0.15) is 12.7 Å². The van der Waals surface area contributed by atoms with Gasteiger partial charge in [-0.1, -0.05) is 0 Å². The summed E-state index contributed by atoms with van der Waals surface area (Å²) < 4.78 is 1.61. The Morgan fingerprint density at radius 3 is 2.75 bits per heavy atom. The molecule has 1 heterocycles. The van der Waals surface area contributed by atoms with Gasteiger partial charge in [-0.2, -0.15) is 5.10 Å². The number of carbonyl (C=O) groups is 2. The summed E-state index contributed by atoms with van der Waals surface area (Å²) in [5, 5.41) is 9.03. The van der Waals surface area contributed by atoms with Crippen LogP contribution in [0.5, 0.6) is 0 Å². The lowest BCUT2D eigenvalue weighted by Gasteiger charge is -2.09. The third-order valence-corrected chi connectivity index (χ3v) is 2.83. The molecule has 2 amide bonds. The van der Waals surface area contributed by atoms with Crippen molar-refractivity contribution in [1.29, 1.82) is 0 Å². The predicted octanol–water partition coefficient (Wildman–Crippen LogP) is 0.0515. The first-order valence-electron chi connectivity index (χ1n) is 6.06. The third kappa shape index (κ3) is 3.00. The normalized spacial score (nSPS) is 10.1. The zero-order valence-electron chi connectivity index (χ0n) is 11.3. The van der Waals surface area contributed by atoms with Crippen molar-refractivity contribution in [1.82, 2.24) is 25.4 Å². The fourth-order valence-corrected chi connectivity index (χ4v) is 1.73. The Hall–Kier alpha value is -2.70. The molecular formula is C13H15N5O2. The van der Waals surface area contributed by atoms with Gasteiger partial charge in [0.05, 0.1) is 12.2 Å². The van der Waals surface area contributed by atoms with Gasteiger partial charge in [0.15, 0.2) is 0 Å². The summed E-state index contributed by atoms with van der Waals surface area (Å²) in [6, 6.07) is 5.31. The molecule has 1 aromatic heterocycles. The monoisotopic (exact) mass is 273 g/mol. The third-order valence-electron chi connectivity index (χ3n) is 2.83. The lowest BCUT2D eigenvalue weighted by atomic mass is 10.1. The van der Waals surface area contributed by atoms with E-state index < -0.39 is 0 Å². The van der Waals surface area contributed by atoms with Crippen LogP contribution in [0.3, 0.4) is 0 Å². The number of likely N-dealkylation sites (N-methyl/N-ethyl adjacent to an activating group) is 1. The van der Waals surface area contributed by atoms with Crippen molar-refractivity contribution in [3.05, 3.63) is 42.0 Å². The zero-order valence-corrected chi connectivity index (χ0v) is 11.3. The van der Waals surface area contributed by atoms with Crippen LogP contribution in [-0.4, -0.2) is 40.2 Å². The molecule has 0 atom stereocenters. The highest BCUT2D eigenvalue weighted by Crippen LogP contribution is 2.13. The molecule has 20 heavy (non-hydrogen) atoms. The van der Waals surface area contributed by atoms with Gasteiger partial charge in [-0.15, -0.1) is 0 Å². The van der Waals surface area contributed by atoms with Gasteiger partial charge in [-0.3, -0.25) is 9.59 Å². The molecule has 104 valence electrons. The minimum atomic E-state index is -0.281. The van der Waals surface area contributed by atoms with Crippen LogP contribution in [0.15, 0.2) is 30.9 Å². The van der Waals surface area contributed by atoms with Crippen LogP contribution in [0.1, 0.15) is 15.9 Å². The topological polar surface area (TPSA) is 88.9 Å². The van der Waals surface area contributed by atoms with E-state index >= 15 is 0 Å². The highest BCUT2D eigenvalue weighted by atomic mass is 16.2. The van der Waals surface area contributed by atoms with Crippen LogP contribution in [0.4, 0.5) is 0 Å². The van der Waals surface area contributed by atoms with Gasteiger partial charge in [0.2, 0.25) is 5.91 Å². The van der Waals surface area contributed by atoms with Crippen LogP contribution >= 0.6 is 0 Å². The zero-order chi connectivity index (χ0) is 14.5. The number of aromatic nitrogens is 3. The number of aryl methyl sites for hydroxylation is 1. The Bertz CT molecular complexity index is 622. The summed E-state index contributed by atoms with van der Waals surface area (Å²) in [4.78, 5) is 26.9. The van der Waals surface area contributed by atoms with E-state index in [4.69, 9.17) is 0 Å². The van der Waals surface area contributed by atoms with Gasteiger partial charge in [-0.25, -0.2) is 9.67 Å². The fraction of sp³-hybridized carbons (Fsp3) is 0.231. The molecule has 0 fully saturated rings. The summed E-state index contributed by atoms with van der Waals surface area (Å²) in [6.45, 7) is 1.79. The van der Waals surface area contributed by atoms with Gasteiger partial charge < -0.3 is 10.6 Å². The largest absolute Gasteiger partial charge is 0.358 e. The molecule has 1 aromatic carbocycles. The minimum Gasteiger partial charge on any atom is -0.358 e. The van der Waals surface area contributed by atoms with E-state index in [1.165, 1.54) is 13.4 Å². The van der Waals surface area contributed by atoms with E-state index in [9.17, 15) is 9.59 Å². The lowest BCUT2D eigenvalue weighted by molar-refractivity contribution is -0.119. The molecule has 0 aliphatic carbocycles. The van der Waals surface area contributed by atoms with Gasteiger partial charge in [-0.05, 0) is 30.7 Å². The number of benzene rings is 1. The van der Waals surface area contributed by atoms with E-state index in [0.29, 0.717) is 5.56 Å². The predicted molar refractivity (Wildman–Crippen MR) is 72.5 cm³/mol. The van der Waals surface area contributed by atoms with Crippen LogP contribution in [-0.2, 0) is 4.79 Å². The number of amides is 2. The Morgan fingerprint density at radius 2 is 2.15 bits per heavy atom. The van der Waals surface area contributed by atoms with Crippen LogP contribution < -0.4 is 10.6 Å². The minimum absolute atomic E-state index is 0.0421. The van der Waals surface area contributed by atoms with Crippen LogP contribution in [0.2, 0.25) is 0 Å². The fourth-order valence-electron chi connectivity index (χ4n) is 1.73. The lowest BCUT2D eigenvalue weighted by Crippen LogP contribution is -2.35. The first kappa shape index (κ1) is 13.7. The molecule has 0 aliphatic rings. The smallest absolute Gasteiger partial charge is 0.251 e. The standard InChI is InChI=1S/C13H15N5O2/c1-9-5-10(18-8-15-7-17-18)3-4-11(9)13(20)16-6-12(19)14-2/h3-5,7-8H,6H2,1-2H3,(H,14,19)(H,16,20). The van der Waals surface area contributed by atoms with Crippen LogP contribution in [0, 0.1) is 6.92 Å². The molecule has 0 aliphatic heterocycles. The van der Waals surface area contributed by atoms with Crippen LogP contribution in [0.25, 0.3) is 5.69 Å². The summed E-state index contributed by atoms with van der Waals surface area (Å²) in [5.74, 6) is -0.522. The molecule has 0 radical (unpaired) electrons. The average molecular weight is 273 g/mol. The SMILES string of the molecule is CNC(=O)CNC(=O)c1ccc(-n2cncn2)cc1C. The highest BCUT2D eigenvalue weighted by Gasteiger charge is 2.11. The Kier molecular flexibility index (Phi) is 4.09. The van der Waals surface area contributed by atoms with Crippen molar-refractivity contribution in [3.63, 3.8) is 0 Å². The summed E-state index contributed by atoms with van der Waals surface area (Å²) in [6.07, 6.45) is 3.03. The Labute approximate surface area is 116 Å². The average Bonchev–Trinajstić information content (AvgIpc) is 2.98. The first-order valence-corrected chi connectivity index (χ1v) is 6.06. The maximum absolute atomic E-state index is 12.0. The summed E-state index contributed by atoms with van der Waals surface area (Å²) >= 11 is 0. The summed E-state index contributed by atoms with van der Waals surface area (Å²) in [7, 11) is 1.52. The van der Waals surface area contributed by atoms with Gasteiger partial charge in [0.25, 0.3) is 5.91 Å². The van der Waals surface area contributed by atoms with E-state index in [-0.39, 0.29) is 18.4 Å². The maximum Gasteiger partial charge on any atom is 0.251 e. The number of rotatable bonds is 4. The second-order valence-electron chi connectivity index (χ2n) is 4.20. The molecule has 0 spiro atoms. The number of hydrogen-bond acceptors (Lipinski definition) is 4. The molecule has 0 saturated carbocycles. The second-order valence-corrected chi connectivity index (χ2v) is 4.20. The number of nitrogens with one attached hydrogen (secondary N) is 2. The van der Waals surface area contributed by atoms with E-state index in [1.54, 1.807) is 23.1 Å². The molecular weight excluding hydrogens is 258 g/mol. The molecule has 0 saturated heterocycles. The Balaban J connectivity index is 2.13. The van der Waals surface area contributed by atoms with Crippen molar-refractivity contribution in [2.24, 2.45) is 0 Å². The second kappa shape index (κ2) is 5.96. The molecule has 2 aromatic rings. The van der Waals surface area contributed by atoms with Crippen molar-refractivity contribution in [2.75, 3.05) is 13.6 Å². The quantitative estimate of drug-likeness (QED) is 0.824. The Morgan fingerprint density at radius 1 is 1.35 bits per heavy atom. The molecule has 7 nitrogen and oxygen atoms in total. The number of nitrogens with zero attached hydrogens (tertiary/aromatic N) is 3. The molecule has 2 rings (SSSR count). The number of hydrogen-bond donors (Lipinski definition) is 2. The molecule has 0 unspecified atom stereocenters. The summed E-state index contributed by atoms with van der Waals surface area (Å²) in [5.41, 5.74) is 2.15. The van der Waals surface area contributed by atoms with Crippen molar-refractivity contribution in [2.45, 2.75) is 6.92 Å². The molecule has 2 N–H and O–H groups in total. The number of carbonyl (C=O) groups excluding carboxylic acids is 2. The highest BCUT2D eigenvalue weighted by molar-refractivity contribution is 5.97. The van der Waals surface area contributed by atoms with Gasteiger partial charge >= 0.3 is 0 Å². The van der Waals surface area contributed by atoms with Crippen molar-refractivity contribution >= 4 is 11.8 Å².